The van der Waals surface area contributed by atoms with Gasteiger partial charge in [0.1, 0.15) is 0 Å². The fourth-order valence-electron chi connectivity index (χ4n) is 3.39. The van der Waals surface area contributed by atoms with Crippen LogP contribution in [0.5, 0.6) is 0 Å². The lowest BCUT2D eigenvalue weighted by Crippen LogP contribution is -2.22. The molecule has 3 aromatic carbocycles. The van der Waals surface area contributed by atoms with E-state index in [0.717, 1.165) is 22.4 Å². The molecular weight excluding hydrogens is 332 g/mol. The summed E-state index contributed by atoms with van der Waals surface area (Å²) in [4.78, 5) is 4.52. The molecule has 3 aromatic rings. The second kappa shape index (κ2) is 7.54. The molecule has 0 radical (unpaired) electrons. The molecule has 4 heteroatoms. The minimum absolute atomic E-state index is 0. The van der Waals surface area contributed by atoms with Crippen molar-refractivity contribution in [1.82, 2.24) is 0 Å². The van der Waals surface area contributed by atoms with Crippen molar-refractivity contribution in [2.45, 2.75) is 27.7 Å². The highest BCUT2D eigenvalue weighted by Gasteiger charge is 2.11. The molecule has 0 fully saturated rings. The van der Waals surface area contributed by atoms with Crippen LogP contribution in [0.3, 0.4) is 0 Å². The molecule has 0 saturated heterocycles. The molecule has 5 N–H and O–H groups in total. The van der Waals surface area contributed by atoms with E-state index in [1.807, 2.05) is 44.2 Å². The van der Waals surface area contributed by atoms with E-state index in [0.29, 0.717) is 17.3 Å². The number of hydrogen-bond donors (Lipinski definition) is 3. The molecule has 0 unspecified atom stereocenters. The van der Waals surface area contributed by atoms with Crippen LogP contribution in [0.1, 0.15) is 23.7 Å². The normalized spacial score (nSPS) is 11.5. The average molecular weight is 361 g/mol. The molecule has 0 spiro atoms. The number of rotatable bonds is 3. The highest BCUT2D eigenvalue weighted by Crippen LogP contribution is 2.35. The Morgan fingerprint density at radius 1 is 0.889 bits per heavy atom. The van der Waals surface area contributed by atoms with E-state index >= 15 is 0 Å². The van der Waals surface area contributed by atoms with Gasteiger partial charge in [-0.3, -0.25) is 0 Å². The van der Waals surface area contributed by atoms with Crippen molar-refractivity contribution in [2.24, 2.45) is 10.7 Å². The summed E-state index contributed by atoms with van der Waals surface area (Å²) in [6, 6.07) is 18.4. The Morgan fingerprint density at radius 3 is 2.19 bits per heavy atom. The molecule has 0 bridgehead atoms. The predicted molar refractivity (Wildman–Crippen MR) is 119 cm³/mol. The first-order valence-electron chi connectivity index (χ1n) is 8.99. The van der Waals surface area contributed by atoms with Gasteiger partial charge in [-0.15, -0.1) is 0 Å². The summed E-state index contributed by atoms with van der Waals surface area (Å²) in [5.74, 6) is 0.315. The predicted octanol–water partition coefficient (Wildman–Crippen LogP) is 5.47. The topological polar surface area (TPSA) is 76.4 Å². The quantitative estimate of drug-likeness (QED) is 0.329. The van der Waals surface area contributed by atoms with Gasteiger partial charge in [-0.2, -0.15) is 0 Å². The lowest BCUT2D eigenvalue weighted by molar-refractivity contribution is 1.34. The van der Waals surface area contributed by atoms with Crippen LogP contribution in [0.15, 0.2) is 59.6 Å². The Hall–Kier alpha value is -3.27. The van der Waals surface area contributed by atoms with Crippen LogP contribution in [0, 0.1) is 27.7 Å². The maximum Gasteiger partial charge on any atom is 0.198 e. The van der Waals surface area contributed by atoms with Crippen LogP contribution >= 0.6 is 0 Å². The number of nitrogens with zero attached hydrogens (tertiary/aromatic N) is 1. The molecule has 0 atom stereocenters. The number of aryl methyl sites for hydroxylation is 4. The number of hydrogen-bond acceptors (Lipinski definition) is 2. The molecule has 0 heterocycles. The number of nitrogen functional groups attached to an aromatic ring is 1. The van der Waals surface area contributed by atoms with Crippen LogP contribution in [0.4, 0.5) is 17.1 Å². The molecule has 0 amide bonds. The van der Waals surface area contributed by atoms with E-state index in [9.17, 15) is 0 Å². The molecule has 4 nitrogen and oxygen atoms in total. The van der Waals surface area contributed by atoms with Gasteiger partial charge in [-0.25, -0.2) is 4.99 Å². The minimum Gasteiger partial charge on any atom is -0.397 e. The zero-order valence-electron chi connectivity index (χ0n) is 16.3. The molecule has 0 aromatic heterocycles. The molecular formula is C23H28N4. The number of nitrogens with one attached hydrogen (secondary N) is 1. The van der Waals surface area contributed by atoms with Gasteiger partial charge >= 0.3 is 0 Å². The largest absolute Gasteiger partial charge is 0.397 e. The lowest BCUT2D eigenvalue weighted by atomic mass is 9.94. The van der Waals surface area contributed by atoms with Crippen LogP contribution in [-0.2, 0) is 0 Å². The summed E-state index contributed by atoms with van der Waals surface area (Å²) >= 11 is 0. The Kier molecular flexibility index (Phi) is 5.17. The maximum absolute atomic E-state index is 6.34. The van der Waals surface area contributed by atoms with Crippen molar-refractivity contribution >= 4 is 23.0 Å². The van der Waals surface area contributed by atoms with Crippen molar-refractivity contribution in [2.75, 3.05) is 11.1 Å². The fraction of sp³-hybridized carbons (Fsp3) is 0.174. The minimum atomic E-state index is 0. The molecule has 0 aliphatic rings. The zero-order valence-corrected chi connectivity index (χ0v) is 16.3. The van der Waals surface area contributed by atoms with Crippen molar-refractivity contribution in [3.8, 4) is 11.1 Å². The van der Waals surface area contributed by atoms with Gasteiger partial charge in [-0.05, 0) is 85.3 Å². The van der Waals surface area contributed by atoms with E-state index in [1.165, 1.54) is 16.7 Å². The van der Waals surface area contributed by atoms with Crippen LogP contribution in [0.2, 0.25) is 0 Å². The average Bonchev–Trinajstić information content (AvgIpc) is 2.58. The number of aliphatic imine (C=N–C) groups is 1. The van der Waals surface area contributed by atoms with Gasteiger partial charge < -0.3 is 16.8 Å². The maximum atomic E-state index is 6.34. The first kappa shape index (κ1) is 18.5. The first-order chi connectivity index (χ1) is 12.8. The number of benzene rings is 3. The molecule has 0 aliphatic carbocycles. The van der Waals surface area contributed by atoms with Crippen molar-refractivity contribution in [3.05, 3.63) is 76.9 Å². The molecule has 3 rings (SSSR count). The Bertz CT molecular complexity index is 982. The number of guanidine groups is 1. The standard InChI is InChI=1S/C23H26N4.H2/c1-14-7-5-10-19(11-14)26-23(25)27-22-17(4)12-18(13-20(22)24)21-15(2)8-6-9-16(21)3;/h5-13H,24H2,1-4H3,(H3,25,26,27);1H. The monoisotopic (exact) mass is 360 g/mol. The Labute approximate surface area is 162 Å². The smallest absolute Gasteiger partial charge is 0.198 e. The van der Waals surface area contributed by atoms with Gasteiger partial charge in [0.05, 0.1) is 11.4 Å². The first-order valence-corrected chi connectivity index (χ1v) is 8.99. The summed E-state index contributed by atoms with van der Waals surface area (Å²) in [6.45, 7) is 8.27. The molecule has 0 saturated carbocycles. The van der Waals surface area contributed by atoms with E-state index in [2.05, 4.69) is 48.4 Å². The van der Waals surface area contributed by atoms with Gasteiger partial charge in [0, 0.05) is 7.11 Å². The highest BCUT2D eigenvalue weighted by molar-refractivity contribution is 5.95. The second-order valence-electron chi connectivity index (χ2n) is 6.99. The lowest BCUT2D eigenvalue weighted by Gasteiger charge is -2.14. The van der Waals surface area contributed by atoms with Gasteiger partial charge in [-0.1, -0.05) is 30.3 Å². The molecule has 0 aliphatic heterocycles. The Morgan fingerprint density at radius 2 is 1.56 bits per heavy atom. The second-order valence-corrected chi connectivity index (χ2v) is 6.99. The van der Waals surface area contributed by atoms with E-state index in [4.69, 9.17) is 11.5 Å². The van der Waals surface area contributed by atoms with E-state index < -0.39 is 0 Å². The summed E-state index contributed by atoms with van der Waals surface area (Å²) in [5, 5.41) is 3.12. The van der Waals surface area contributed by atoms with Gasteiger partial charge in [0.25, 0.3) is 0 Å². The van der Waals surface area contributed by atoms with E-state index in [-0.39, 0.29) is 1.43 Å². The summed E-state index contributed by atoms with van der Waals surface area (Å²) in [6.07, 6.45) is 0. The van der Waals surface area contributed by atoms with Gasteiger partial charge in [0.2, 0.25) is 0 Å². The van der Waals surface area contributed by atoms with Crippen molar-refractivity contribution < 1.29 is 1.43 Å². The SMILES string of the molecule is Cc1cccc(NC(N)=Nc2c(C)cc(-c3c(C)cccc3C)cc2N)c1.[HH]. The van der Waals surface area contributed by atoms with Crippen LogP contribution in [-0.4, -0.2) is 5.96 Å². The van der Waals surface area contributed by atoms with Crippen LogP contribution in [0.25, 0.3) is 11.1 Å². The van der Waals surface area contributed by atoms with Crippen molar-refractivity contribution in [1.29, 1.82) is 0 Å². The van der Waals surface area contributed by atoms with Crippen molar-refractivity contribution in [3.63, 3.8) is 0 Å². The zero-order chi connectivity index (χ0) is 19.6. The third-order valence-corrected chi connectivity index (χ3v) is 4.62. The third-order valence-electron chi connectivity index (χ3n) is 4.62. The Balaban J connectivity index is 0.00000280. The highest BCUT2D eigenvalue weighted by atomic mass is 15.1. The van der Waals surface area contributed by atoms with E-state index in [1.54, 1.807) is 0 Å². The number of anilines is 2. The number of nitrogens with two attached hydrogens (primary N) is 2. The van der Waals surface area contributed by atoms with Gasteiger partial charge in [0.15, 0.2) is 5.96 Å². The van der Waals surface area contributed by atoms with Crippen LogP contribution < -0.4 is 16.8 Å². The molecule has 27 heavy (non-hydrogen) atoms. The summed E-state index contributed by atoms with van der Waals surface area (Å²) < 4.78 is 0. The third kappa shape index (κ3) is 4.11. The fourth-order valence-corrected chi connectivity index (χ4v) is 3.39. The molecule has 140 valence electrons. The summed E-state index contributed by atoms with van der Waals surface area (Å²) in [5.41, 5.74) is 21.6. The summed E-state index contributed by atoms with van der Waals surface area (Å²) in [7, 11) is 0.